The van der Waals surface area contributed by atoms with Crippen molar-refractivity contribution >= 4 is 5.91 Å². The van der Waals surface area contributed by atoms with E-state index in [9.17, 15) is 4.79 Å². The summed E-state index contributed by atoms with van der Waals surface area (Å²) in [4.78, 5) is 20.3. The Balaban J connectivity index is 1.53. The molecule has 0 saturated carbocycles. The highest BCUT2D eigenvalue weighted by Gasteiger charge is 2.07. The Labute approximate surface area is 150 Å². The molecule has 0 unspecified atom stereocenters. The van der Waals surface area contributed by atoms with E-state index >= 15 is 0 Å². The van der Waals surface area contributed by atoms with Gasteiger partial charge in [-0.05, 0) is 35.9 Å². The number of nitrogens with one attached hydrogen (secondary N) is 1. The van der Waals surface area contributed by atoms with E-state index in [0.29, 0.717) is 35.5 Å². The van der Waals surface area contributed by atoms with Crippen LogP contribution in [0.15, 0.2) is 47.1 Å². The summed E-state index contributed by atoms with van der Waals surface area (Å²) in [5.41, 5.74) is 1.44. The molecular weight excluding hydrogens is 336 g/mol. The fourth-order valence-corrected chi connectivity index (χ4v) is 2.21. The zero-order valence-electron chi connectivity index (χ0n) is 14.4. The van der Waals surface area contributed by atoms with Crippen molar-refractivity contribution < 1.29 is 18.8 Å². The Kier molecular flexibility index (Phi) is 5.43. The van der Waals surface area contributed by atoms with Crippen molar-refractivity contribution in [3.05, 3.63) is 65.4 Å². The second kappa shape index (κ2) is 8.11. The van der Waals surface area contributed by atoms with Crippen LogP contribution in [-0.2, 0) is 13.2 Å². The van der Waals surface area contributed by atoms with Crippen LogP contribution in [0.4, 0.5) is 0 Å². The summed E-state index contributed by atoms with van der Waals surface area (Å²) >= 11 is 0. The molecule has 2 heterocycles. The van der Waals surface area contributed by atoms with Crippen LogP contribution >= 0.6 is 0 Å². The van der Waals surface area contributed by atoms with E-state index in [0.717, 1.165) is 5.56 Å². The van der Waals surface area contributed by atoms with E-state index in [2.05, 4.69) is 20.4 Å². The summed E-state index contributed by atoms with van der Waals surface area (Å²) in [6, 6.07) is 10.4. The molecule has 0 bridgehead atoms. The molecule has 0 radical (unpaired) electrons. The van der Waals surface area contributed by atoms with Gasteiger partial charge < -0.3 is 19.3 Å². The highest BCUT2D eigenvalue weighted by Crippen LogP contribution is 2.14. The molecular formula is C18H18N4O4. The molecule has 3 aromatic rings. The standard InChI is InChI=1S/C18H18N4O4/c1-12-21-16(22-26-12)11-25-15-5-3-14(4-6-15)18(23)20-10-13-7-8-19-17(9-13)24-2/h3-9H,10-11H2,1-2H3,(H,20,23). The number of pyridine rings is 1. The van der Waals surface area contributed by atoms with Gasteiger partial charge in [-0.2, -0.15) is 4.98 Å². The minimum atomic E-state index is -0.180. The monoisotopic (exact) mass is 354 g/mol. The van der Waals surface area contributed by atoms with Gasteiger partial charge in [0.05, 0.1) is 7.11 Å². The van der Waals surface area contributed by atoms with Crippen LogP contribution in [0.25, 0.3) is 0 Å². The van der Waals surface area contributed by atoms with E-state index in [1.54, 1.807) is 50.6 Å². The maximum Gasteiger partial charge on any atom is 0.251 e. The van der Waals surface area contributed by atoms with Gasteiger partial charge in [-0.1, -0.05) is 5.16 Å². The number of nitrogens with zero attached hydrogens (tertiary/aromatic N) is 3. The lowest BCUT2D eigenvalue weighted by atomic mass is 10.2. The number of aryl methyl sites for hydroxylation is 1. The summed E-state index contributed by atoms with van der Waals surface area (Å²) < 4.78 is 15.5. The zero-order valence-corrected chi connectivity index (χ0v) is 14.4. The lowest BCUT2D eigenvalue weighted by Gasteiger charge is -2.08. The predicted molar refractivity (Wildman–Crippen MR) is 91.8 cm³/mol. The van der Waals surface area contributed by atoms with Gasteiger partial charge in [0.25, 0.3) is 5.91 Å². The van der Waals surface area contributed by atoms with Crippen molar-refractivity contribution in [3.8, 4) is 11.6 Å². The normalized spacial score (nSPS) is 10.4. The molecule has 0 atom stereocenters. The summed E-state index contributed by atoms with van der Waals surface area (Å²) in [7, 11) is 1.55. The third-order valence-corrected chi connectivity index (χ3v) is 3.52. The average Bonchev–Trinajstić information content (AvgIpc) is 3.10. The van der Waals surface area contributed by atoms with E-state index < -0.39 is 0 Å². The molecule has 0 aliphatic heterocycles. The van der Waals surface area contributed by atoms with Crippen LogP contribution in [0.2, 0.25) is 0 Å². The van der Waals surface area contributed by atoms with Crippen molar-refractivity contribution in [3.63, 3.8) is 0 Å². The molecule has 3 rings (SSSR count). The molecule has 0 fully saturated rings. The Morgan fingerprint density at radius 1 is 1.23 bits per heavy atom. The van der Waals surface area contributed by atoms with E-state index in [4.69, 9.17) is 14.0 Å². The average molecular weight is 354 g/mol. The first kappa shape index (κ1) is 17.4. The molecule has 1 aromatic carbocycles. The Morgan fingerprint density at radius 3 is 2.73 bits per heavy atom. The number of amides is 1. The van der Waals surface area contributed by atoms with E-state index in [-0.39, 0.29) is 12.5 Å². The third-order valence-electron chi connectivity index (χ3n) is 3.52. The maximum atomic E-state index is 12.2. The zero-order chi connectivity index (χ0) is 18.4. The summed E-state index contributed by atoms with van der Waals surface area (Å²) in [5.74, 6) is 1.90. The smallest absolute Gasteiger partial charge is 0.251 e. The highest BCUT2D eigenvalue weighted by atomic mass is 16.5. The maximum absolute atomic E-state index is 12.2. The van der Waals surface area contributed by atoms with Crippen LogP contribution < -0.4 is 14.8 Å². The van der Waals surface area contributed by atoms with Gasteiger partial charge in [0.2, 0.25) is 17.6 Å². The molecule has 2 aromatic heterocycles. The minimum absolute atomic E-state index is 0.180. The highest BCUT2D eigenvalue weighted by molar-refractivity contribution is 5.94. The Bertz CT molecular complexity index is 877. The number of methoxy groups -OCH3 is 1. The van der Waals surface area contributed by atoms with Crippen LogP contribution in [0.3, 0.4) is 0 Å². The van der Waals surface area contributed by atoms with Crippen molar-refractivity contribution in [2.75, 3.05) is 7.11 Å². The second-order valence-electron chi connectivity index (χ2n) is 5.43. The first-order chi connectivity index (χ1) is 12.6. The van der Waals surface area contributed by atoms with Crippen molar-refractivity contribution in [1.29, 1.82) is 0 Å². The first-order valence-corrected chi connectivity index (χ1v) is 7.93. The summed E-state index contributed by atoms with van der Waals surface area (Å²) in [6.45, 7) is 2.30. The van der Waals surface area contributed by atoms with Gasteiger partial charge in [0.1, 0.15) is 5.75 Å². The van der Waals surface area contributed by atoms with Crippen LogP contribution in [-0.4, -0.2) is 28.1 Å². The van der Waals surface area contributed by atoms with E-state index in [1.807, 2.05) is 6.07 Å². The fraction of sp³-hybridized carbons (Fsp3) is 0.222. The fourth-order valence-electron chi connectivity index (χ4n) is 2.21. The summed E-state index contributed by atoms with van der Waals surface area (Å²) in [5, 5.41) is 6.60. The van der Waals surface area contributed by atoms with Crippen molar-refractivity contribution in [2.24, 2.45) is 0 Å². The van der Waals surface area contributed by atoms with Gasteiger partial charge in [-0.25, -0.2) is 4.98 Å². The molecule has 1 N–H and O–H groups in total. The van der Waals surface area contributed by atoms with E-state index in [1.165, 1.54) is 0 Å². The molecule has 134 valence electrons. The molecule has 0 aliphatic carbocycles. The van der Waals surface area contributed by atoms with Gasteiger partial charge in [0, 0.05) is 31.3 Å². The Morgan fingerprint density at radius 2 is 2.04 bits per heavy atom. The Hall–Kier alpha value is -3.42. The third kappa shape index (κ3) is 4.56. The number of ether oxygens (including phenoxy) is 2. The summed E-state index contributed by atoms with van der Waals surface area (Å²) in [6.07, 6.45) is 1.64. The second-order valence-corrected chi connectivity index (χ2v) is 5.43. The quantitative estimate of drug-likeness (QED) is 0.695. The molecule has 1 amide bonds. The molecule has 8 heteroatoms. The predicted octanol–water partition coefficient (Wildman–Crippen LogP) is 2.29. The van der Waals surface area contributed by atoms with Gasteiger partial charge >= 0.3 is 0 Å². The number of hydrogen-bond acceptors (Lipinski definition) is 7. The molecule has 0 aliphatic rings. The van der Waals surface area contributed by atoms with Gasteiger partial charge in [0.15, 0.2) is 6.61 Å². The number of hydrogen-bond donors (Lipinski definition) is 1. The van der Waals surface area contributed by atoms with Crippen LogP contribution in [0, 0.1) is 6.92 Å². The largest absolute Gasteiger partial charge is 0.485 e. The first-order valence-electron chi connectivity index (χ1n) is 7.93. The number of carbonyl (C=O) groups is 1. The van der Waals surface area contributed by atoms with Crippen LogP contribution in [0.1, 0.15) is 27.6 Å². The topological polar surface area (TPSA) is 99.4 Å². The number of carbonyl (C=O) groups excluding carboxylic acids is 1. The van der Waals surface area contributed by atoms with Gasteiger partial charge in [-0.15, -0.1) is 0 Å². The molecule has 0 spiro atoms. The lowest BCUT2D eigenvalue weighted by molar-refractivity contribution is 0.0951. The lowest BCUT2D eigenvalue weighted by Crippen LogP contribution is -2.22. The SMILES string of the molecule is COc1cc(CNC(=O)c2ccc(OCc3noc(C)n3)cc2)ccn1. The van der Waals surface area contributed by atoms with Crippen molar-refractivity contribution in [1.82, 2.24) is 20.4 Å². The minimum Gasteiger partial charge on any atom is -0.485 e. The molecule has 8 nitrogen and oxygen atoms in total. The number of benzene rings is 1. The number of aromatic nitrogens is 3. The van der Waals surface area contributed by atoms with Crippen LogP contribution in [0.5, 0.6) is 11.6 Å². The number of rotatable bonds is 7. The molecule has 0 saturated heterocycles. The van der Waals surface area contributed by atoms with Crippen molar-refractivity contribution in [2.45, 2.75) is 20.1 Å². The van der Waals surface area contributed by atoms with Gasteiger partial charge in [-0.3, -0.25) is 4.79 Å². The molecule has 26 heavy (non-hydrogen) atoms.